The van der Waals surface area contributed by atoms with E-state index in [0.717, 1.165) is 12.8 Å². The van der Waals surface area contributed by atoms with Crippen molar-refractivity contribution in [2.45, 2.75) is 59.0 Å². The van der Waals surface area contributed by atoms with E-state index in [-0.39, 0.29) is 5.92 Å². The van der Waals surface area contributed by atoms with E-state index in [0.29, 0.717) is 24.3 Å². The molecule has 0 aliphatic carbocycles. The van der Waals surface area contributed by atoms with Crippen LogP contribution in [0.2, 0.25) is 0 Å². The minimum absolute atomic E-state index is 0.132. The van der Waals surface area contributed by atoms with Gasteiger partial charge in [-0.1, -0.05) is 70.2 Å². The second kappa shape index (κ2) is 8.26. The number of ketones is 1. The van der Waals surface area contributed by atoms with Gasteiger partial charge in [-0.2, -0.15) is 0 Å². The lowest BCUT2D eigenvalue weighted by atomic mass is 9.94. The largest absolute Gasteiger partial charge is 0.311 e. The molecule has 2 rings (SSSR count). The molecule has 2 nitrogen and oxygen atoms in total. The van der Waals surface area contributed by atoms with Crippen LogP contribution in [-0.2, 0) is 11.2 Å². The van der Waals surface area contributed by atoms with E-state index in [2.05, 4.69) is 61.6 Å². The molecule has 0 aliphatic rings. The highest BCUT2D eigenvalue weighted by Crippen LogP contribution is 2.21. The number of hydrogen-bond acceptors (Lipinski definition) is 2. The first-order chi connectivity index (χ1) is 11.0. The Bertz CT molecular complexity index is 640. The van der Waals surface area contributed by atoms with Gasteiger partial charge in [0.1, 0.15) is 5.78 Å². The molecule has 0 aromatic heterocycles. The Morgan fingerprint density at radius 2 is 1.70 bits per heavy atom. The van der Waals surface area contributed by atoms with Crippen molar-refractivity contribution in [3.63, 3.8) is 0 Å². The van der Waals surface area contributed by atoms with E-state index in [1.807, 2.05) is 13.8 Å². The maximum absolute atomic E-state index is 12.0. The predicted molar refractivity (Wildman–Crippen MR) is 98.8 cm³/mol. The van der Waals surface area contributed by atoms with Crippen molar-refractivity contribution in [1.82, 2.24) is 5.32 Å². The molecule has 0 fully saturated rings. The molecule has 0 saturated carbocycles. The number of Topliss-reactive ketones (excluding diaryl/α,β-unsaturated/α-hetero) is 1. The van der Waals surface area contributed by atoms with Crippen molar-refractivity contribution in [3.8, 4) is 0 Å². The SMILES string of the molecule is CC(C)NC(CCC(=O)C(C)C)Cc1cccc2ccccc12. The summed E-state index contributed by atoms with van der Waals surface area (Å²) in [6.07, 6.45) is 2.52. The van der Waals surface area contributed by atoms with Crippen molar-refractivity contribution in [2.24, 2.45) is 5.92 Å². The lowest BCUT2D eigenvalue weighted by Gasteiger charge is -2.22. The maximum atomic E-state index is 12.0. The molecule has 2 aromatic rings. The topological polar surface area (TPSA) is 29.1 Å². The Hall–Kier alpha value is -1.67. The number of rotatable bonds is 8. The lowest BCUT2D eigenvalue weighted by Crippen LogP contribution is -2.37. The summed E-state index contributed by atoms with van der Waals surface area (Å²) in [5, 5.41) is 6.24. The van der Waals surface area contributed by atoms with Gasteiger partial charge in [0.2, 0.25) is 0 Å². The zero-order chi connectivity index (χ0) is 16.8. The molecule has 1 N–H and O–H groups in total. The van der Waals surface area contributed by atoms with E-state index in [1.165, 1.54) is 16.3 Å². The molecule has 0 heterocycles. The third-order valence-corrected chi connectivity index (χ3v) is 4.30. The summed E-state index contributed by atoms with van der Waals surface area (Å²) in [4.78, 5) is 12.0. The van der Waals surface area contributed by atoms with Crippen molar-refractivity contribution in [1.29, 1.82) is 0 Å². The van der Waals surface area contributed by atoms with Gasteiger partial charge in [0.15, 0.2) is 0 Å². The average Bonchev–Trinajstić information content (AvgIpc) is 2.52. The van der Waals surface area contributed by atoms with Crippen LogP contribution in [0.1, 0.15) is 46.1 Å². The van der Waals surface area contributed by atoms with Crippen LogP contribution in [0.25, 0.3) is 10.8 Å². The third kappa shape index (κ3) is 5.18. The van der Waals surface area contributed by atoms with Gasteiger partial charge >= 0.3 is 0 Å². The fraction of sp³-hybridized carbons (Fsp3) is 0.476. The van der Waals surface area contributed by atoms with Crippen LogP contribution in [0.5, 0.6) is 0 Å². The summed E-state index contributed by atoms with van der Waals surface area (Å²) in [5.41, 5.74) is 1.36. The van der Waals surface area contributed by atoms with Crippen molar-refractivity contribution < 1.29 is 4.79 Å². The van der Waals surface area contributed by atoms with Gasteiger partial charge in [0.25, 0.3) is 0 Å². The van der Waals surface area contributed by atoms with Gasteiger partial charge in [-0.15, -0.1) is 0 Å². The summed E-state index contributed by atoms with van der Waals surface area (Å²) in [7, 11) is 0. The molecule has 0 radical (unpaired) electrons. The van der Waals surface area contributed by atoms with Crippen molar-refractivity contribution in [3.05, 3.63) is 48.0 Å². The monoisotopic (exact) mass is 311 g/mol. The average molecular weight is 311 g/mol. The number of carbonyl (C=O) groups excluding carboxylic acids is 1. The molecule has 2 heteroatoms. The normalized spacial score (nSPS) is 13.0. The highest BCUT2D eigenvalue weighted by Gasteiger charge is 2.15. The maximum Gasteiger partial charge on any atom is 0.135 e. The number of hydrogen-bond donors (Lipinski definition) is 1. The van der Waals surface area contributed by atoms with Crippen LogP contribution >= 0.6 is 0 Å². The molecule has 0 bridgehead atoms. The predicted octanol–water partition coefficient (Wildman–Crippen LogP) is 4.75. The van der Waals surface area contributed by atoms with E-state index in [9.17, 15) is 4.79 Å². The van der Waals surface area contributed by atoms with Crippen LogP contribution in [0, 0.1) is 5.92 Å². The van der Waals surface area contributed by atoms with Crippen LogP contribution in [0.3, 0.4) is 0 Å². The van der Waals surface area contributed by atoms with Crippen molar-refractivity contribution in [2.75, 3.05) is 0 Å². The Morgan fingerprint density at radius 3 is 2.39 bits per heavy atom. The first-order valence-corrected chi connectivity index (χ1v) is 8.72. The number of nitrogens with one attached hydrogen (secondary N) is 1. The van der Waals surface area contributed by atoms with Gasteiger partial charge in [-0.3, -0.25) is 4.79 Å². The molecule has 1 unspecified atom stereocenters. The Kier molecular flexibility index (Phi) is 6.35. The molecule has 1 atom stereocenters. The van der Waals surface area contributed by atoms with E-state index in [1.54, 1.807) is 0 Å². The van der Waals surface area contributed by atoms with Crippen LogP contribution < -0.4 is 5.32 Å². The minimum Gasteiger partial charge on any atom is -0.311 e. The van der Waals surface area contributed by atoms with Crippen molar-refractivity contribution >= 4 is 16.6 Å². The standard InChI is InChI=1S/C21H29NO/c1-15(2)21(23)13-12-19(22-16(3)4)14-18-10-7-9-17-8-5-6-11-20(17)18/h5-11,15-16,19,22H,12-14H2,1-4H3. The van der Waals surface area contributed by atoms with Gasteiger partial charge in [0, 0.05) is 24.4 Å². The number of fused-ring (bicyclic) bond motifs is 1. The second-order valence-corrected chi connectivity index (χ2v) is 7.02. The zero-order valence-corrected chi connectivity index (χ0v) is 14.8. The quantitative estimate of drug-likeness (QED) is 0.762. The minimum atomic E-state index is 0.132. The fourth-order valence-corrected chi connectivity index (χ4v) is 3.06. The van der Waals surface area contributed by atoms with Gasteiger partial charge in [-0.25, -0.2) is 0 Å². The summed E-state index contributed by atoms with van der Waals surface area (Å²) in [6, 6.07) is 15.8. The second-order valence-electron chi connectivity index (χ2n) is 7.02. The molecule has 124 valence electrons. The number of carbonyl (C=O) groups is 1. The molecule has 2 aromatic carbocycles. The Morgan fingerprint density at radius 1 is 1.00 bits per heavy atom. The fourth-order valence-electron chi connectivity index (χ4n) is 3.06. The summed E-state index contributed by atoms with van der Waals surface area (Å²) < 4.78 is 0. The molecule has 0 spiro atoms. The smallest absolute Gasteiger partial charge is 0.135 e. The Balaban J connectivity index is 2.14. The molecular weight excluding hydrogens is 282 g/mol. The van der Waals surface area contributed by atoms with Gasteiger partial charge in [-0.05, 0) is 29.2 Å². The summed E-state index contributed by atoms with van der Waals surface area (Å²) in [6.45, 7) is 8.30. The summed E-state index contributed by atoms with van der Waals surface area (Å²) >= 11 is 0. The number of benzene rings is 2. The molecule has 0 amide bonds. The highest BCUT2D eigenvalue weighted by molar-refractivity contribution is 5.85. The van der Waals surface area contributed by atoms with Crippen LogP contribution in [0.4, 0.5) is 0 Å². The first-order valence-electron chi connectivity index (χ1n) is 8.72. The zero-order valence-electron chi connectivity index (χ0n) is 14.8. The molecular formula is C21H29NO. The lowest BCUT2D eigenvalue weighted by molar-refractivity contribution is -0.122. The van der Waals surface area contributed by atoms with Gasteiger partial charge in [0.05, 0.1) is 0 Å². The Labute approximate surface area is 140 Å². The molecule has 0 aliphatic heterocycles. The molecule has 0 saturated heterocycles. The van der Waals surface area contributed by atoms with Gasteiger partial charge < -0.3 is 5.32 Å². The van der Waals surface area contributed by atoms with Crippen LogP contribution in [-0.4, -0.2) is 17.9 Å². The summed E-state index contributed by atoms with van der Waals surface area (Å²) in [5.74, 6) is 0.491. The van der Waals surface area contributed by atoms with Crippen LogP contribution in [0.15, 0.2) is 42.5 Å². The van der Waals surface area contributed by atoms with E-state index < -0.39 is 0 Å². The molecule has 23 heavy (non-hydrogen) atoms. The highest BCUT2D eigenvalue weighted by atomic mass is 16.1. The van der Waals surface area contributed by atoms with E-state index in [4.69, 9.17) is 0 Å². The first kappa shape index (κ1) is 17.7. The third-order valence-electron chi connectivity index (χ3n) is 4.30. The van der Waals surface area contributed by atoms with E-state index >= 15 is 0 Å².